The van der Waals surface area contributed by atoms with Gasteiger partial charge in [0.15, 0.2) is 0 Å². The van der Waals surface area contributed by atoms with Gasteiger partial charge in [0.2, 0.25) is 0 Å². The van der Waals surface area contributed by atoms with Gasteiger partial charge in [0.05, 0.1) is 30.7 Å². The number of carbonyl (C=O) groups excluding carboxylic acids is 2. The molecule has 3 N–H and O–H groups in total. The number of aryl methyl sites for hydroxylation is 1. The number of aromatic nitrogens is 4. The molecule has 0 bridgehead atoms. The molecule has 2 aromatic carbocycles. The number of halogens is 3. The van der Waals surface area contributed by atoms with E-state index in [9.17, 15) is 22.8 Å². The van der Waals surface area contributed by atoms with Crippen molar-refractivity contribution in [3.63, 3.8) is 0 Å². The molecule has 0 saturated heterocycles. The Labute approximate surface area is 298 Å². The lowest BCUT2D eigenvalue weighted by molar-refractivity contribution is -0.137. The maximum Gasteiger partial charge on any atom is 0.416 e. The van der Waals surface area contributed by atoms with E-state index in [1.54, 1.807) is 71.5 Å². The van der Waals surface area contributed by atoms with Crippen LogP contribution in [0.2, 0.25) is 0 Å². The Hall–Kier alpha value is -5.86. The molecule has 12 nitrogen and oxygen atoms in total. The lowest BCUT2D eigenvalue weighted by Crippen LogP contribution is -2.38. The fraction of sp³-hybridized carbons (Fsp3) is 0.324. The third-order valence-corrected chi connectivity index (χ3v) is 7.89. The summed E-state index contributed by atoms with van der Waals surface area (Å²) in [6, 6.07) is 15.3. The highest BCUT2D eigenvalue weighted by atomic mass is 19.4. The monoisotopic (exact) mass is 719 g/mol. The summed E-state index contributed by atoms with van der Waals surface area (Å²) in [5.74, 6) is 0.990. The van der Waals surface area contributed by atoms with Crippen LogP contribution in [0.5, 0.6) is 11.5 Å². The molecule has 0 aliphatic heterocycles. The molecule has 3 aromatic heterocycles. The van der Waals surface area contributed by atoms with E-state index in [4.69, 9.17) is 19.3 Å². The minimum atomic E-state index is -4.58. The van der Waals surface area contributed by atoms with Crippen molar-refractivity contribution in [3.8, 4) is 22.8 Å². The number of alkyl carbamates (subject to hydrolysis) is 1. The summed E-state index contributed by atoms with van der Waals surface area (Å²) < 4.78 is 57.7. The summed E-state index contributed by atoms with van der Waals surface area (Å²) in [5.41, 5.74) is 1.53. The average Bonchev–Trinajstić information content (AvgIpc) is 3.48. The molecule has 3 heterocycles. The molecule has 0 spiro atoms. The van der Waals surface area contributed by atoms with Gasteiger partial charge in [-0.1, -0.05) is 12.1 Å². The van der Waals surface area contributed by atoms with Gasteiger partial charge in [0.25, 0.3) is 5.91 Å². The molecule has 52 heavy (non-hydrogen) atoms. The Bertz CT molecular complexity index is 2040. The van der Waals surface area contributed by atoms with E-state index in [0.717, 1.165) is 29.4 Å². The largest absolute Gasteiger partial charge is 0.497 e. The maximum atomic E-state index is 13.2. The van der Waals surface area contributed by atoms with Crippen LogP contribution in [-0.4, -0.2) is 57.6 Å². The van der Waals surface area contributed by atoms with Gasteiger partial charge < -0.3 is 30.2 Å². The van der Waals surface area contributed by atoms with E-state index >= 15 is 0 Å². The number of alkyl halides is 3. The SMILES string of the molecule is COc1ccc(CNc2nccc3c2c(-c2ccc(C(=O)Nc4cc(C(F)(F)F)ccn4)cc2)nn3CCC(C)NC(=O)OC(C)(C)C)c(OC)c1. The number of methoxy groups -OCH3 is 2. The number of fused-ring (bicyclic) bond motifs is 1. The second kappa shape index (κ2) is 15.6. The van der Waals surface area contributed by atoms with Gasteiger partial charge in [-0.05, 0) is 76.6 Å². The zero-order valence-corrected chi connectivity index (χ0v) is 29.6. The summed E-state index contributed by atoms with van der Waals surface area (Å²) in [7, 11) is 3.16. The molecule has 0 fully saturated rings. The fourth-order valence-corrected chi connectivity index (χ4v) is 5.35. The predicted molar refractivity (Wildman–Crippen MR) is 190 cm³/mol. The average molecular weight is 720 g/mol. The summed E-state index contributed by atoms with van der Waals surface area (Å²) in [5, 5.41) is 14.4. The Morgan fingerprint density at radius 3 is 2.33 bits per heavy atom. The minimum Gasteiger partial charge on any atom is -0.497 e. The Morgan fingerprint density at radius 1 is 0.923 bits per heavy atom. The van der Waals surface area contributed by atoms with Gasteiger partial charge in [0, 0.05) is 54.3 Å². The van der Waals surface area contributed by atoms with Crippen LogP contribution in [0.25, 0.3) is 22.2 Å². The highest BCUT2D eigenvalue weighted by Crippen LogP contribution is 2.34. The van der Waals surface area contributed by atoms with Gasteiger partial charge in [-0.3, -0.25) is 9.48 Å². The Morgan fingerprint density at radius 2 is 1.65 bits per heavy atom. The molecule has 1 atom stereocenters. The van der Waals surface area contributed by atoms with Gasteiger partial charge in [-0.15, -0.1) is 0 Å². The predicted octanol–water partition coefficient (Wildman–Crippen LogP) is 7.70. The third kappa shape index (κ3) is 9.27. The van der Waals surface area contributed by atoms with Gasteiger partial charge in [0.1, 0.15) is 34.4 Å². The highest BCUT2D eigenvalue weighted by Gasteiger charge is 2.31. The van der Waals surface area contributed by atoms with Crippen LogP contribution < -0.4 is 25.4 Å². The van der Waals surface area contributed by atoms with Crippen molar-refractivity contribution in [2.45, 2.75) is 65.0 Å². The highest BCUT2D eigenvalue weighted by molar-refractivity contribution is 6.05. The number of hydrogen-bond acceptors (Lipinski definition) is 9. The van der Waals surface area contributed by atoms with Crippen molar-refractivity contribution >= 4 is 34.5 Å². The number of carbonyl (C=O) groups is 2. The number of anilines is 2. The Balaban J connectivity index is 1.44. The number of pyridine rings is 2. The van der Waals surface area contributed by atoms with Crippen LogP contribution in [0.3, 0.4) is 0 Å². The molecule has 0 saturated carbocycles. The molecule has 2 amide bonds. The van der Waals surface area contributed by atoms with Crippen molar-refractivity contribution < 1.29 is 37.0 Å². The quantitative estimate of drug-likeness (QED) is 0.118. The van der Waals surface area contributed by atoms with Crippen LogP contribution >= 0.6 is 0 Å². The Kier molecular flexibility index (Phi) is 11.2. The van der Waals surface area contributed by atoms with Crippen LogP contribution in [0.1, 0.15) is 55.6 Å². The van der Waals surface area contributed by atoms with Crippen LogP contribution in [0, 0.1) is 0 Å². The van der Waals surface area contributed by atoms with E-state index < -0.39 is 29.3 Å². The van der Waals surface area contributed by atoms with Crippen LogP contribution in [0.4, 0.5) is 29.6 Å². The molecular weight excluding hydrogens is 679 g/mol. The first-order valence-corrected chi connectivity index (χ1v) is 16.4. The molecule has 0 aliphatic rings. The smallest absolute Gasteiger partial charge is 0.416 e. The first-order chi connectivity index (χ1) is 24.6. The third-order valence-electron chi connectivity index (χ3n) is 7.89. The van der Waals surface area contributed by atoms with Crippen molar-refractivity contribution in [1.29, 1.82) is 0 Å². The lowest BCUT2D eigenvalue weighted by atomic mass is 10.1. The number of hydrogen-bond donors (Lipinski definition) is 3. The molecule has 5 rings (SSSR count). The zero-order chi connectivity index (χ0) is 37.6. The molecule has 274 valence electrons. The first kappa shape index (κ1) is 37.4. The number of nitrogens with zero attached hydrogens (tertiary/aromatic N) is 4. The molecule has 15 heteroatoms. The number of rotatable bonds is 12. The first-order valence-electron chi connectivity index (χ1n) is 16.4. The second-order valence-corrected chi connectivity index (χ2v) is 13.0. The lowest BCUT2D eigenvalue weighted by Gasteiger charge is -2.22. The standard InChI is InChI=1S/C37H40F3N7O5/c1-22(44-35(49)52-36(2,3)4)15-18-47-28-14-17-42-33(43-21-25-11-12-27(50-5)20-29(25)51-6)31(28)32(46-47)23-7-9-24(10-8-23)34(48)45-30-19-26(13-16-41-30)37(38,39)40/h7-14,16-17,19-20,22H,15,18,21H2,1-6H3,(H,42,43)(H,44,49)(H,41,45,48). The summed E-state index contributed by atoms with van der Waals surface area (Å²) >= 11 is 0. The number of nitrogens with one attached hydrogen (secondary N) is 3. The second-order valence-electron chi connectivity index (χ2n) is 13.0. The molecule has 0 radical (unpaired) electrons. The number of amides is 2. The van der Waals surface area contributed by atoms with Crippen molar-refractivity contribution in [2.24, 2.45) is 0 Å². The van der Waals surface area contributed by atoms with E-state index in [0.29, 0.717) is 53.5 Å². The van der Waals surface area contributed by atoms with Crippen LogP contribution in [-0.2, 0) is 24.0 Å². The van der Waals surface area contributed by atoms with E-state index in [1.807, 2.05) is 29.8 Å². The fourth-order valence-electron chi connectivity index (χ4n) is 5.35. The summed E-state index contributed by atoms with van der Waals surface area (Å²) in [6.45, 7) is 8.08. The normalized spacial score (nSPS) is 12.2. The zero-order valence-electron chi connectivity index (χ0n) is 29.6. The van der Waals surface area contributed by atoms with E-state index in [2.05, 4.69) is 25.9 Å². The topological polar surface area (TPSA) is 142 Å². The number of ether oxygens (including phenoxy) is 3. The van der Waals surface area contributed by atoms with Gasteiger partial charge in [-0.2, -0.15) is 18.3 Å². The molecular formula is C37H40F3N7O5. The molecule has 1 unspecified atom stereocenters. The van der Waals surface area contributed by atoms with Crippen molar-refractivity contribution in [1.82, 2.24) is 25.1 Å². The summed E-state index contributed by atoms with van der Waals surface area (Å²) in [6.07, 6.45) is -1.89. The molecule has 0 aliphatic carbocycles. The summed E-state index contributed by atoms with van der Waals surface area (Å²) in [4.78, 5) is 33.8. The molecule has 5 aromatic rings. The minimum absolute atomic E-state index is 0.205. The van der Waals surface area contributed by atoms with Gasteiger partial charge in [-0.25, -0.2) is 14.8 Å². The van der Waals surface area contributed by atoms with Crippen molar-refractivity contribution in [3.05, 3.63) is 89.7 Å². The van der Waals surface area contributed by atoms with Gasteiger partial charge >= 0.3 is 12.3 Å². The van der Waals surface area contributed by atoms with Crippen LogP contribution in [0.15, 0.2) is 73.1 Å². The maximum absolute atomic E-state index is 13.2. The van der Waals surface area contributed by atoms with E-state index in [-0.39, 0.29) is 17.4 Å². The van der Waals surface area contributed by atoms with E-state index in [1.165, 1.54) is 0 Å². The number of benzene rings is 2. The van der Waals surface area contributed by atoms with Crippen molar-refractivity contribution in [2.75, 3.05) is 24.9 Å².